The number of carbonyl (C=O) groups is 1. The van der Waals surface area contributed by atoms with Crippen molar-refractivity contribution in [2.75, 3.05) is 12.4 Å². The van der Waals surface area contributed by atoms with Gasteiger partial charge in [0.2, 0.25) is 5.91 Å². The van der Waals surface area contributed by atoms with Crippen molar-refractivity contribution < 1.29 is 4.79 Å². The standard InChI is InChI=1S/C16H16ClN3O2/c17-8-6-14(21)20-9-7-13-12(10-20)16(22)19-15(18-13)11-4-2-1-3-5-11/h1-5H,6-10H2,(H,18,19,22). The molecule has 1 aromatic carbocycles. The number of benzene rings is 1. The largest absolute Gasteiger partial charge is 0.338 e. The van der Waals surface area contributed by atoms with Crippen molar-refractivity contribution in [1.29, 1.82) is 0 Å². The number of aromatic amines is 1. The van der Waals surface area contributed by atoms with Crippen molar-refractivity contribution >= 4 is 17.5 Å². The summed E-state index contributed by atoms with van der Waals surface area (Å²) in [7, 11) is 0. The molecule has 1 aliphatic heterocycles. The minimum absolute atomic E-state index is 0.0211. The highest BCUT2D eigenvalue weighted by atomic mass is 35.5. The third-order valence-electron chi connectivity index (χ3n) is 3.78. The van der Waals surface area contributed by atoms with Crippen molar-refractivity contribution in [3.63, 3.8) is 0 Å². The molecule has 2 heterocycles. The highest BCUT2D eigenvalue weighted by Gasteiger charge is 2.24. The average Bonchev–Trinajstić information content (AvgIpc) is 2.55. The summed E-state index contributed by atoms with van der Waals surface area (Å²) >= 11 is 5.61. The fourth-order valence-corrected chi connectivity index (χ4v) is 2.77. The number of rotatable bonds is 3. The summed E-state index contributed by atoms with van der Waals surface area (Å²) in [6, 6.07) is 9.54. The number of halogens is 1. The molecule has 22 heavy (non-hydrogen) atoms. The fourth-order valence-electron chi connectivity index (χ4n) is 2.61. The van der Waals surface area contributed by atoms with E-state index >= 15 is 0 Å². The molecule has 5 nitrogen and oxygen atoms in total. The number of hydrogen-bond acceptors (Lipinski definition) is 3. The molecule has 1 amide bonds. The second kappa shape index (κ2) is 6.32. The molecule has 0 bridgehead atoms. The van der Waals surface area contributed by atoms with Crippen LogP contribution < -0.4 is 5.56 Å². The third kappa shape index (κ3) is 2.90. The van der Waals surface area contributed by atoms with Crippen LogP contribution in [0.5, 0.6) is 0 Å². The number of fused-ring (bicyclic) bond motifs is 1. The predicted octanol–water partition coefficient (Wildman–Crippen LogP) is 1.95. The van der Waals surface area contributed by atoms with Gasteiger partial charge in [0.25, 0.3) is 5.56 Å². The number of nitrogens with one attached hydrogen (secondary N) is 1. The van der Waals surface area contributed by atoms with E-state index < -0.39 is 0 Å². The highest BCUT2D eigenvalue weighted by molar-refractivity contribution is 6.18. The Balaban J connectivity index is 1.92. The first-order valence-electron chi connectivity index (χ1n) is 7.20. The lowest BCUT2D eigenvalue weighted by molar-refractivity contribution is -0.131. The molecule has 6 heteroatoms. The lowest BCUT2D eigenvalue weighted by Gasteiger charge is -2.27. The first-order chi connectivity index (χ1) is 10.7. The van der Waals surface area contributed by atoms with Gasteiger partial charge < -0.3 is 9.88 Å². The topological polar surface area (TPSA) is 66.1 Å². The smallest absolute Gasteiger partial charge is 0.256 e. The van der Waals surface area contributed by atoms with Crippen LogP contribution in [0.2, 0.25) is 0 Å². The van der Waals surface area contributed by atoms with Crippen molar-refractivity contribution in [1.82, 2.24) is 14.9 Å². The molecule has 0 spiro atoms. The van der Waals surface area contributed by atoms with Gasteiger partial charge in [0.05, 0.1) is 17.8 Å². The lowest BCUT2D eigenvalue weighted by atomic mass is 10.1. The van der Waals surface area contributed by atoms with E-state index in [4.69, 9.17) is 11.6 Å². The summed E-state index contributed by atoms with van der Waals surface area (Å²) in [6.45, 7) is 0.885. The van der Waals surface area contributed by atoms with Gasteiger partial charge in [-0.15, -0.1) is 11.6 Å². The van der Waals surface area contributed by atoms with E-state index in [0.29, 0.717) is 43.2 Å². The summed E-state index contributed by atoms with van der Waals surface area (Å²) in [6.07, 6.45) is 0.886. The van der Waals surface area contributed by atoms with Gasteiger partial charge in [-0.3, -0.25) is 9.59 Å². The molecule has 1 N–H and O–H groups in total. The Hall–Kier alpha value is -2.14. The van der Waals surface area contributed by atoms with Gasteiger partial charge in [-0.25, -0.2) is 4.98 Å². The summed E-state index contributed by atoms with van der Waals surface area (Å²) < 4.78 is 0. The van der Waals surface area contributed by atoms with Crippen molar-refractivity contribution in [2.24, 2.45) is 0 Å². The van der Waals surface area contributed by atoms with Gasteiger partial charge >= 0.3 is 0 Å². The number of H-pyrrole nitrogens is 1. The SMILES string of the molecule is O=C(CCCl)N1CCc2nc(-c3ccccc3)[nH]c(=O)c2C1. The van der Waals surface area contributed by atoms with Crippen LogP contribution in [-0.4, -0.2) is 33.2 Å². The summed E-state index contributed by atoms with van der Waals surface area (Å²) in [5.41, 5.74) is 2.06. The fraction of sp³-hybridized carbons (Fsp3) is 0.312. The first kappa shape index (κ1) is 14.8. The number of hydrogen-bond donors (Lipinski definition) is 1. The summed E-state index contributed by atoms with van der Waals surface area (Å²) in [5, 5.41) is 0. The molecule has 0 aliphatic carbocycles. The van der Waals surface area contributed by atoms with Crippen LogP contribution in [0.15, 0.2) is 35.1 Å². The minimum Gasteiger partial charge on any atom is -0.338 e. The van der Waals surface area contributed by atoms with E-state index in [9.17, 15) is 9.59 Å². The molecular weight excluding hydrogens is 302 g/mol. The van der Waals surface area contributed by atoms with Crippen LogP contribution in [0.1, 0.15) is 17.7 Å². The van der Waals surface area contributed by atoms with Gasteiger partial charge in [0.15, 0.2) is 0 Å². The number of aromatic nitrogens is 2. The molecule has 0 unspecified atom stereocenters. The number of amides is 1. The Labute approximate surface area is 132 Å². The summed E-state index contributed by atoms with van der Waals surface area (Å²) in [4.78, 5) is 33.3. The first-order valence-corrected chi connectivity index (χ1v) is 7.73. The average molecular weight is 318 g/mol. The van der Waals surface area contributed by atoms with Crippen LogP contribution in [0.3, 0.4) is 0 Å². The Morgan fingerprint density at radius 2 is 2.09 bits per heavy atom. The second-order valence-corrected chi connectivity index (χ2v) is 5.59. The number of alkyl halides is 1. The van der Waals surface area contributed by atoms with E-state index in [2.05, 4.69) is 9.97 Å². The second-order valence-electron chi connectivity index (χ2n) is 5.21. The van der Waals surface area contributed by atoms with Crippen LogP contribution in [0.25, 0.3) is 11.4 Å². The Bertz CT molecular complexity index is 743. The molecular formula is C16H16ClN3O2. The van der Waals surface area contributed by atoms with Gasteiger partial charge in [-0.05, 0) is 0 Å². The molecule has 0 radical (unpaired) electrons. The van der Waals surface area contributed by atoms with E-state index in [1.54, 1.807) is 4.90 Å². The van der Waals surface area contributed by atoms with Crippen molar-refractivity contribution in [3.05, 3.63) is 51.9 Å². The van der Waals surface area contributed by atoms with Crippen LogP contribution in [0, 0.1) is 0 Å². The summed E-state index contributed by atoms with van der Waals surface area (Å²) in [5.74, 6) is 0.848. The van der Waals surface area contributed by atoms with E-state index in [0.717, 1.165) is 11.3 Å². The molecule has 0 fully saturated rings. The minimum atomic E-state index is -0.174. The van der Waals surface area contributed by atoms with Gasteiger partial charge in [0, 0.05) is 30.8 Å². The van der Waals surface area contributed by atoms with E-state index in [-0.39, 0.29) is 11.5 Å². The lowest BCUT2D eigenvalue weighted by Crippen LogP contribution is -2.39. The monoisotopic (exact) mass is 317 g/mol. The maximum Gasteiger partial charge on any atom is 0.256 e. The number of carbonyl (C=O) groups excluding carboxylic acids is 1. The Kier molecular flexibility index (Phi) is 4.24. The van der Waals surface area contributed by atoms with Gasteiger partial charge in [-0.1, -0.05) is 30.3 Å². The van der Waals surface area contributed by atoms with Gasteiger partial charge in [-0.2, -0.15) is 0 Å². The molecule has 0 saturated heterocycles. The van der Waals surface area contributed by atoms with E-state index in [1.165, 1.54) is 0 Å². The quantitative estimate of drug-likeness (QED) is 0.880. The van der Waals surface area contributed by atoms with Gasteiger partial charge in [0.1, 0.15) is 5.82 Å². The molecule has 1 aliphatic rings. The Morgan fingerprint density at radius 1 is 1.32 bits per heavy atom. The molecule has 2 aromatic rings. The maximum absolute atomic E-state index is 12.3. The van der Waals surface area contributed by atoms with E-state index in [1.807, 2.05) is 30.3 Å². The molecule has 114 valence electrons. The van der Waals surface area contributed by atoms with Crippen LogP contribution >= 0.6 is 11.6 Å². The third-order valence-corrected chi connectivity index (χ3v) is 3.97. The van der Waals surface area contributed by atoms with Crippen LogP contribution in [-0.2, 0) is 17.8 Å². The van der Waals surface area contributed by atoms with Crippen molar-refractivity contribution in [2.45, 2.75) is 19.4 Å². The zero-order valence-corrected chi connectivity index (χ0v) is 12.8. The van der Waals surface area contributed by atoms with Crippen molar-refractivity contribution in [3.8, 4) is 11.4 Å². The molecule has 0 saturated carbocycles. The normalized spacial score (nSPS) is 13.8. The predicted molar refractivity (Wildman–Crippen MR) is 84.8 cm³/mol. The highest BCUT2D eigenvalue weighted by Crippen LogP contribution is 2.18. The number of nitrogens with zero attached hydrogens (tertiary/aromatic N) is 2. The zero-order chi connectivity index (χ0) is 15.5. The molecule has 3 rings (SSSR count). The Morgan fingerprint density at radius 3 is 2.82 bits per heavy atom. The molecule has 1 aromatic heterocycles. The maximum atomic E-state index is 12.3. The zero-order valence-electron chi connectivity index (χ0n) is 12.0. The molecule has 0 atom stereocenters. The van der Waals surface area contributed by atoms with Crippen LogP contribution in [0.4, 0.5) is 0 Å².